The summed E-state index contributed by atoms with van der Waals surface area (Å²) >= 11 is 5.87. The number of hydrogen-bond donors (Lipinski definition) is 1. The molecule has 0 spiro atoms. The van der Waals surface area contributed by atoms with Crippen molar-refractivity contribution in [2.24, 2.45) is 5.92 Å². The molecule has 1 unspecified atom stereocenters. The Kier molecular flexibility index (Phi) is 6.19. The Morgan fingerprint density at radius 1 is 1.41 bits per heavy atom. The van der Waals surface area contributed by atoms with Crippen molar-refractivity contribution in [2.45, 2.75) is 51.6 Å². The van der Waals surface area contributed by atoms with Gasteiger partial charge in [-0.05, 0) is 37.8 Å². The van der Waals surface area contributed by atoms with Gasteiger partial charge in [-0.15, -0.1) is 0 Å². The molecule has 1 aromatic heterocycles. The molecule has 1 aliphatic carbocycles. The lowest BCUT2D eigenvalue weighted by molar-refractivity contribution is -0.154. The molecule has 0 aliphatic heterocycles. The van der Waals surface area contributed by atoms with Gasteiger partial charge < -0.3 is 10.1 Å². The van der Waals surface area contributed by atoms with Crippen molar-refractivity contribution in [3.05, 3.63) is 23.5 Å². The maximum absolute atomic E-state index is 12.0. The normalized spacial score (nSPS) is 16.8. The molecule has 120 valence electrons. The van der Waals surface area contributed by atoms with Crippen LogP contribution in [-0.2, 0) is 14.3 Å². The number of esters is 1. The van der Waals surface area contributed by atoms with Gasteiger partial charge in [-0.25, -0.2) is 4.98 Å². The zero-order valence-electron chi connectivity index (χ0n) is 12.7. The monoisotopic (exact) mass is 324 g/mol. The summed E-state index contributed by atoms with van der Waals surface area (Å²) in [7, 11) is 0. The lowest BCUT2D eigenvalue weighted by Gasteiger charge is -2.21. The molecule has 1 N–H and O–H groups in total. The van der Waals surface area contributed by atoms with Crippen LogP contribution in [0.2, 0.25) is 5.15 Å². The Morgan fingerprint density at radius 3 is 2.82 bits per heavy atom. The van der Waals surface area contributed by atoms with E-state index in [9.17, 15) is 9.59 Å². The second-order valence-electron chi connectivity index (χ2n) is 5.67. The fraction of sp³-hybridized carbons (Fsp3) is 0.562. The average Bonchev–Trinajstić information content (AvgIpc) is 2.50. The number of halogens is 1. The molecule has 0 aromatic carbocycles. The number of aromatic nitrogens is 1. The maximum Gasteiger partial charge on any atom is 0.306 e. The molecule has 1 aromatic rings. The Hall–Kier alpha value is -1.62. The molecule has 1 aliphatic rings. The lowest BCUT2D eigenvalue weighted by Crippen LogP contribution is -2.30. The second-order valence-corrected chi connectivity index (χ2v) is 6.03. The highest BCUT2D eigenvalue weighted by Crippen LogP contribution is 2.26. The molecule has 22 heavy (non-hydrogen) atoms. The van der Waals surface area contributed by atoms with Crippen LogP contribution in [0.1, 0.15) is 45.4 Å². The summed E-state index contributed by atoms with van der Waals surface area (Å²) in [6, 6.07) is 3.31. The standard InChI is InChI=1S/C16H21ClN2O3/c1-11(16(21)19-13-8-5-9-18-15(13)17)22-14(20)10-12-6-3-2-4-7-12/h5,8-9,11-12H,2-4,6-7,10H2,1H3,(H,19,21). The first-order valence-corrected chi connectivity index (χ1v) is 8.05. The van der Waals surface area contributed by atoms with Crippen molar-refractivity contribution in [3.63, 3.8) is 0 Å². The minimum atomic E-state index is -0.854. The number of nitrogens with zero attached hydrogens (tertiary/aromatic N) is 1. The van der Waals surface area contributed by atoms with E-state index in [0.29, 0.717) is 18.0 Å². The first-order chi connectivity index (χ1) is 10.6. The van der Waals surface area contributed by atoms with E-state index in [1.165, 1.54) is 25.5 Å². The minimum Gasteiger partial charge on any atom is -0.453 e. The molecule has 0 radical (unpaired) electrons. The predicted molar refractivity (Wildman–Crippen MR) is 84.6 cm³/mol. The summed E-state index contributed by atoms with van der Waals surface area (Å²) in [4.78, 5) is 27.8. The number of pyridine rings is 1. The molecule has 1 saturated carbocycles. The summed E-state index contributed by atoms with van der Waals surface area (Å²) in [5.41, 5.74) is 0.407. The van der Waals surface area contributed by atoms with Gasteiger partial charge >= 0.3 is 5.97 Å². The van der Waals surface area contributed by atoms with Crippen LogP contribution < -0.4 is 5.32 Å². The van der Waals surface area contributed by atoms with Gasteiger partial charge in [0, 0.05) is 12.6 Å². The van der Waals surface area contributed by atoms with E-state index in [2.05, 4.69) is 10.3 Å². The van der Waals surface area contributed by atoms with E-state index in [0.717, 1.165) is 12.8 Å². The van der Waals surface area contributed by atoms with Gasteiger partial charge in [-0.2, -0.15) is 0 Å². The van der Waals surface area contributed by atoms with Crippen LogP contribution in [0, 0.1) is 5.92 Å². The minimum absolute atomic E-state index is 0.205. The number of hydrogen-bond acceptors (Lipinski definition) is 4. The SMILES string of the molecule is CC(OC(=O)CC1CCCCC1)C(=O)Nc1cccnc1Cl. The number of nitrogens with one attached hydrogen (secondary N) is 1. The third-order valence-electron chi connectivity index (χ3n) is 3.87. The van der Waals surface area contributed by atoms with Crippen molar-refractivity contribution >= 4 is 29.2 Å². The van der Waals surface area contributed by atoms with E-state index in [1.807, 2.05) is 0 Å². The third kappa shape index (κ3) is 4.98. The maximum atomic E-state index is 12.0. The van der Waals surface area contributed by atoms with Crippen LogP contribution >= 0.6 is 11.6 Å². The van der Waals surface area contributed by atoms with Crippen molar-refractivity contribution in [1.82, 2.24) is 4.98 Å². The van der Waals surface area contributed by atoms with Gasteiger partial charge in [0.25, 0.3) is 5.91 Å². The zero-order chi connectivity index (χ0) is 15.9. The van der Waals surface area contributed by atoms with Gasteiger partial charge in [0.15, 0.2) is 11.3 Å². The summed E-state index contributed by atoms with van der Waals surface area (Å²) in [5.74, 6) is -0.331. The number of rotatable bonds is 5. The molecule has 1 amide bonds. The first-order valence-electron chi connectivity index (χ1n) is 7.67. The quantitative estimate of drug-likeness (QED) is 0.664. The van der Waals surface area contributed by atoms with Gasteiger partial charge in [0.1, 0.15) is 0 Å². The molecule has 1 atom stereocenters. The molecule has 5 nitrogen and oxygen atoms in total. The van der Waals surface area contributed by atoms with E-state index < -0.39 is 12.0 Å². The number of carbonyl (C=O) groups is 2. The van der Waals surface area contributed by atoms with E-state index in [-0.39, 0.29) is 11.1 Å². The lowest BCUT2D eigenvalue weighted by atomic mass is 9.87. The molecule has 2 rings (SSSR count). The number of ether oxygens (including phenoxy) is 1. The predicted octanol–water partition coefficient (Wildman–Crippen LogP) is 3.58. The van der Waals surface area contributed by atoms with Crippen LogP contribution in [0.3, 0.4) is 0 Å². The second kappa shape index (κ2) is 8.13. The Morgan fingerprint density at radius 2 is 2.14 bits per heavy atom. The van der Waals surface area contributed by atoms with E-state index >= 15 is 0 Å². The van der Waals surface area contributed by atoms with Gasteiger partial charge in [0.2, 0.25) is 0 Å². The van der Waals surface area contributed by atoms with Crippen molar-refractivity contribution in [1.29, 1.82) is 0 Å². The molecule has 1 heterocycles. The van der Waals surface area contributed by atoms with Crippen LogP contribution in [0.4, 0.5) is 5.69 Å². The molecule has 0 saturated heterocycles. The highest BCUT2D eigenvalue weighted by Gasteiger charge is 2.22. The van der Waals surface area contributed by atoms with E-state index in [4.69, 9.17) is 16.3 Å². The highest BCUT2D eigenvalue weighted by atomic mass is 35.5. The van der Waals surface area contributed by atoms with Crippen LogP contribution in [0.25, 0.3) is 0 Å². The smallest absolute Gasteiger partial charge is 0.306 e. The summed E-state index contributed by atoms with van der Waals surface area (Å²) < 4.78 is 5.21. The summed E-state index contributed by atoms with van der Waals surface area (Å²) in [6.07, 6.45) is 6.81. The first kappa shape index (κ1) is 16.7. The molecular formula is C16H21ClN2O3. The van der Waals surface area contributed by atoms with Gasteiger partial charge in [0.05, 0.1) is 5.69 Å². The zero-order valence-corrected chi connectivity index (χ0v) is 13.4. The number of anilines is 1. The third-order valence-corrected chi connectivity index (χ3v) is 4.18. The fourth-order valence-corrected chi connectivity index (χ4v) is 2.81. The van der Waals surface area contributed by atoms with E-state index in [1.54, 1.807) is 19.1 Å². The van der Waals surface area contributed by atoms with Crippen molar-refractivity contribution < 1.29 is 14.3 Å². The van der Waals surface area contributed by atoms with Gasteiger partial charge in [-0.1, -0.05) is 30.9 Å². The van der Waals surface area contributed by atoms with Crippen LogP contribution in [-0.4, -0.2) is 23.0 Å². The molecule has 6 heteroatoms. The van der Waals surface area contributed by atoms with Crippen molar-refractivity contribution in [2.75, 3.05) is 5.32 Å². The molecule has 0 bridgehead atoms. The number of carbonyl (C=O) groups excluding carboxylic acids is 2. The number of amides is 1. The Balaban J connectivity index is 1.80. The average molecular weight is 325 g/mol. The largest absolute Gasteiger partial charge is 0.453 e. The van der Waals surface area contributed by atoms with Crippen LogP contribution in [0.15, 0.2) is 18.3 Å². The summed E-state index contributed by atoms with van der Waals surface area (Å²) in [6.45, 7) is 1.55. The Bertz CT molecular complexity index is 530. The fourth-order valence-electron chi connectivity index (χ4n) is 2.64. The van der Waals surface area contributed by atoms with Crippen molar-refractivity contribution in [3.8, 4) is 0 Å². The molecular weight excluding hydrogens is 304 g/mol. The topological polar surface area (TPSA) is 68.3 Å². The Labute approximate surface area is 135 Å². The van der Waals surface area contributed by atoms with Crippen LogP contribution in [0.5, 0.6) is 0 Å². The highest BCUT2D eigenvalue weighted by molar-refractivity contribution is 6.32. The van der Waals surface area contributed by atoms with Gasteiger partial charge in [-0.3, -0.25) is 9.59 Å². The molecule has 1 fully saturated rings. The summed E-state index contributed by atoms with van der Waals surface area (Å²) in [5, 5.41) is 2.81.